The van der Waals surface area contributed by atoms with Crippen LogP contribution in [0, 0.1) is 0 Å². The summed E-state index contributed by atoms with van der Waals surface area (Å²) in [4.78, 5) is 51.2. The Balaban J connectivity index is 2.38. The molecule has 2 N–H and O–H groups in total. The van der Waals surface area contributed by atoms with Crippen LogP contribution >= 0.6 is 23.5 Å². The Hall–Kier alpha value is -2.61. The number of hydrogen-bond acceptors (Lipinski definition) is 10. The minimum Gasteiger partial charge on any atom is -0.481 e. The number of azide groups is 1. The third kappa shape index (κ3) is 16.6. The van der Waals surface area contributed by atoms with E-state index in [-0.39, 0.29) is 50.1 Å². The molecular weight excluding hydrogens is 500 g/mol. The molecule has 14 heteroatoms. The van der Waals surface area contributed by atoms with Crippen molar-refractivity contribution in [3.63, 3.8) is 0 Å². The van der Waals surface area contributed by atoms with Gasteiger partial charge in [0.25, 0.3) is 0 Å². The molecule has 192 valence electrons. The second kappa shape index (κ2) is 19.7. The number of carboxylic acids is 1. The van der Waals surface area contributed by atoms with E-state index in [9.17, 15) is 19.2 Å². The second-order valence-corrected chi connectivity index (χ2v) is 8.88. The van der Waals surface area contributed by atoms with E-state index >= 15 is 0 Å². The summed E-state index contributed by atoms with van der Waals surface area (Å²) in [6, 6.07) is 7.78. The SMILES string of the molecule is [N-]=[N+]=NCCOCCOCCOCC(=O)N[C@@H](CC(=O)Sc1ccccc1)C(=O)SCCC(=O)O. The highest BCUT2D eigenvalue weighted by atomic mass is 32.2. The smallest absolute Gasteiger partial charge is 0.304 e. The van der Waals surface area contributed by atoms with Crippen LogP contribution in [0.5, 0.6) is 0 Å². The fraction of sp³-hybridized carbons (Fsp3) is 0.524. The molecule has 0 aliphatic heterocycles. The molecule has 0 radical (unpaired) electrons. The summed E-state index contributed by atoms with van der Waals surface area (Å²) in [7, 11) is 0. The zero-order valence-corrected chi connectivity index (χ0v) is 20.6. The highest BCUT2D eigenvalue weighted by molar-refractivity contribution is 8.14. The molecule has 0 aromatic heterocycles. The maximum Gasteiger partial charge on any atom is 0.304 e. The summed E-state index contributed by atoms with van der Waals surface area (Å²) in [6.45, 7) is 1.16. The first-order valence-corrected chi connectivity index (χ1v) is 12.4. The molecule has 0 aliphatic carbocycles. The maximum atomic E-state index is 12.5. The van der Waals surface area contributed by atoms with E-state index in [0.717, 1.165) is 23.5 Å². The van der Waals surface area contributed by atoms with Crippen LogP contribution in [-0.2, 0) is 33.4 Å². The van der Waals surface area contributed by atoms with Gasteiger partial charge in [-0.3, -0.25) is 19.2 Å². The van der Waals surface area contributed by atoms with Crippen LogP contribution in [0.15, 0.2) is 40.3 Å². The number of thioether (sulfide) groups is 2. The predicted molar refractivity (Wildman–Crippen MR) is 130 cm³/mol. The second-order valence-electron chi connectivity index (χ2n) is 6.65. The van der Waals surface area contributed by atoms with E-state index < -0.39 is 23.0 Å². The van der Waals surface area contributed by atoms with Gasteiger partial charge in [0.2, 0.25) is 11.0 Å². The molecule has 0 saturated carbocycles. The number of ether oxygens (including phenoxy) is 3. The van der Waals surface area contributed by atoms with E-state index in [2.05, 4.69) is 15.3 Å². The zero-order chi connectivity index (χ0) is 25.7. The van der Waals surface area contributed by atoms with Crippen molar-refractivity contribution < 1.29 is 38.5 Å². The van der Waals surface area contributed by atoms with Gasteiger partial charge in [0.1, 0.15) is 12.6 Å². The van der Waals surface area contributed by atoms with Crippen molar-refractivity contribution in [2.45, 2.75) is 23.8 Å². The lowest BCUT2D eigenvalue weighted by atomic mass is 10.2. The summed E-state index contributed by atoms with van der Waals surface area (Å²) in [5, 5.41) is 13.8. The Kier molecular flexibility index (Phi) is 17.1. The molecule has 1 atom stereocenters. The van der Waals surface area contributed by atoms with Crippen LogP contribution < -0.4 is 5.32 Å². The van der Waals surface area contributed by atoms with Crippen LogP contribution in [-0.4, -0.2) is 85.2 Å². The number of hydrogen-bond donors (Lipinski definition) is 2. The quantitative estimate of drug-likeness (QED) is 0.0890. The number of carbonyl (C=O) groups is 4. The van der Waals surface area contributed by atoms with Crippen LogP contribution in [0.1, 0.15) is 12.8 Å². The Morgan fingerprint density at radius 1 is 1.03 bits per heavy atom. The van der Waals surface area contributed by atoms with Crippen molar-refractivity contribution in [3.8, 4) is 0 Å². The average Bonchev–Trinajstić information content (AvgIpc) is 2.82. The molecule has 1 rings (SSSR count). The molecule has 0 fully saturated rings. The largest absolute Gasteiger partial charge is 0.481 e. The summed E-state index contributed by atoms with van der Waals surface area (Å²) >= 11 is 1.71. The number of amides is 1. The van der Waals surface area contributed by atoms with Crippen molar-refractivity contribution in [3.05, 3.63) is 40.8 Å². The standard InChI is InChI=1S/C21H28N4O8S2/c22-25-23-7-8-31-9-10-32-11-12-33-15-18(26)24-17(21(30)34-13-6-19(27)28)14-20(29)35-16-4-2-1-3-5-16/h1-5,17H,6-15H2,(H,24,26)(H,27,28)/t17-/m0/s1. The van der Waals surface area contributed by atoms with E-state index in [1.54, 1.807) is 24.3 Å². The minimum absolute atomic E-state index is 0.0314. The third-order valence-electron chi connectivity index (χ3n) is 3.90. The normalized spacial score (nSPS) is 11.3. The zero-order valence-electron chi connectivity index (χ0n) is 19.0. The Morgan fingerprint density at radius 2 is 1.69 bits per heavy atom. The molecule has 12 nitrogen and oxygen atoms in total. The van der Waals surface area contributed by atoms with Gasteiger partial charge in [-0.2, -0.15) is 0 Å². The number of benzene rings is 1. The molecule has 1 aromatic rings. The van der Waals surface area contributed by atoms with Gasteiger partial charge in [-0.05, 0) is 17.7 Å². The maximum absolute atomic E-state index is 12.5. The number of nitrogens with one attached hydrogen (secondary N) is 1. The molecule has 0 aliphatic rings. The number of carboxylic acid groups (broad SMARTS) is 1. The van der Waals surface area contributed by atoms with Gasteiger partial charge in [-0.15, -0.1) is 0 Å². The van der Waals surface area contributed by atoms with E-state index in [1.807, 2.05) is 6.07 Å². The molecule has 0 bridgehead atoms. The van der Waals surface area contributed by atoms with Crippen molar-refractivity contribution in [1.82, 2.24) is 5.32 Å². The lowest BCUT2D eigenvalue weighted by Gasteiger charge is -2.16. The Bertz CT molecular complexity index is 853. The number of aliphatic carboxylic acids is 1. The first-order chi connectivity index (χ1) is 16.9. The van der Waals surface area contributed by atoms with E-state index in [0.29, 0.717) is 24.7 Å². The molecular formula is C21H28N4O8S2. The van der Waals surface area contributed by atoms with Crippen molar-refractivity contribution in [2.75, 3.05) is 51.9 Å². The number of nitrogens with zero attached hydrogens (tertiary/aromatic N) is 3. The monoisotopic (exact) mass is 528 g/mol. The Morgan fingerprint density at radius 3 is 2.34 bits per heavy atom. The molecule has 0 spiro atoms. The molecule has 0 saturated heterocycles. The summed E-state index contributed by atoms with van der Waals surface area (Å²) in [5.74, 6) is -1.60. The van der Waals surface area contributed by atoms with E-state index in [1.165, 1.54) is 0 Å². The highest BCUT2D eigenvalue weighted by Gasteiger charge is 2.25. The lowest BCUT2D eigenvalue weighted by molar-refractivity contribution is -0.136. The van der Waals surface area contributed by atoms with E-state index in [4.69, 9.17) is 24.8 Å². The van der Waals surface area contributed by atoms with Crippen LogP contribution in [0.4, 0.5) is 0 Å². The van der Waals surface area contributed by atoms with Crippen molar-refractivity contribution in [2.24, 2.45) is 5.11 Å². The first-order valence-electron chi connectivity index (χ1n) is 10.6. The summed E-state index contributed by atoms with van der Waals surface area (Å²) < 4.78 is 15.7. The average molecular weight is 529 g/mol. The van der Waals surface area contributed by atoms with Crippen LogP contribution in [0.25, 0.3) is 10.4 Å². The topological polar surface area (TPSA) is 177 Å². The summed E-state index contributed by atoms with van der Waals surface area (Å²) in [5.41, 5.74) is 8.13. The predicted octanol–water partition coefficient (Wildman–Crippen LogP) is 2.27. The van der Waals surface area contributed by atoms with Gasteiger partial charge in [0, 0.05) is 28.5 Å². The Labute approximate surface area is 211 Å². The van der Waals surface area contributed by atoms with Gasteiger partial charge in [-0.25, -0.2) is 0 Å². The van der Waals surface area contributed by atoms with Crippen LogP contribution in [0.2, 0.25) is 0 Å². The molecule has 1 aromatic carbocycles. The van der Waals surface area contributed by atoms with Gasteiger partial charge in [-0.1, -0.05) is 46.8 Å². The van der Waals surface area contributed by atoms with Crippen molar-refractivity contribution in [1.29, 1.82) is 0 Å². The van der Waals surface area contributed by atoms with Gasteiger partial charge < -0.3 is 24.6 Å². The molecule has 0 heterocycles. The van der Waals surface area contributed by atoms with Gasteiger partial charge in [0.15, 0.2) is 5.12 Å². The van der Waals surface area contributed by atoms with Gasteiger partial charge >= 0.3 is 5.97 Å². The molecule has 35 heavy (non-hydrogen) atoms. The van der Waals surface area contributed by atoms with Gasteiger partial charge in [0.05, 0.1) is 39.5 Å². The fourth-order valence-corrected chi connectivity index (χ4v) is 3.98. The minimum atomic E-state index is -1.10. The lowest BCUT2D eigenvalue weighted by Crippen LogP contribution is -2.42. The summed E-state index contributed by atoms with van der Waals surface area (Å²) in [6.07, 6.45) is -0.460. The van der Waals surface area contributed by atoms with Crippen LogP contribution in [0.3, 0.4) is 0 Å². The third-order valence-corrected chi connectivity index (χ3v) is 5.78. The number of carbonyl (C=O) groups excluding carboxylic acids is 3. The highest BCUT2D eigenvalue weighted by Crippen LogP contribution is 2.21. The number of rotatable bonds is 19. The molecule has 0 unspecified atom stereocenters. The first kappa shape index (κ1) is 30.4. The fourth-order valence-electron chi connectivity index (χ4n) is 2.35. The van der Waals surface area contributed by atoms with Crippen molar-refractivity contribution >= 4 is 45.6 Å². The molecule has 1 amide bonds.